The molecule has 0 aliphatic rings. The van der Waals surface area contributed by atoms with Crippen molar-refractivity contribution in [2.45, 2.75) is 13.5 Å². The molecule has 0 radical (unpaired) electrons. The molecule has 0 aromatic carbocycles. The summed E-state index contributed by atoms with van der Waals surface area (Å²) in [6.45, 7) is 2.40. The zero-order chi connectivity index (χ0) is 19.1. The third kappa shape index (κ3) is 2.97. The van der Waals surface area contributed by atoms with E-state index in [0.29, 0.717) is 17.9 Å². The quantitative estimate of drug-likeness (QED) is 0.547. The monoisotopic (exact) mass is 364 g/mol. The number of carbonyl (C=O) groups is 1. The first kappa shape index (κ1) is 17.0. The molecule has 27 heavy (non-hydrogen) atoms. The van der Waals surface area contributed by atoms with Gasteiger partial charge < -0.3 is 4.90 Å². The molecule has 0 atom stereocenters. The molecule has 0 saturated heterocycles. The van der Waals surface area contributed by atoms with Gasteiger partial charge in [-0.05, 0) is 19.1 Å². The van der Waals surface area contributed by atoms with E-state index in [9.17, 15) is 4.79 Å². The molecule has 0 bridgehead atoms. The van der Waals surface area contributed by atoms with Gasteiger partial charge in [0.1, 0.15) is 0 Å². The first-order chi connectivity index (χ1) is 12.9. The van der Waals surface area contributed by atoms with E-state index in [0.717, 1.165) is 22.6 Å². The molecule has 0 fully saturated rings. The van der Waals surface area contributed by atoms with Crippen LogP contribution in [0.5, 0.6) is 0 Å². The number of aromatic nitrogens is 7. The molecule has 138 valence electrons. The van der Waals surface area contributed by atoms with Crippen LogP contribution in [0.25, 0.3) is 16.9 Å². The minimum Gasteiger partial charge on any atom is -0.334 e. The van der Waals surface area contributed by atoms with Gasteiger partial charge in [-0.3, -0.25) is 14.2 Å². The minimum atomic E-state index is -0.181. The minimum absolute atomic E-state index is 0.181. The highest BCUT2D eigenvalue weighted by Gasteiger charge is 2.19. The van der Waals surface area contributed by atoms with Gasteiger partial charge in [-0.1, -0.05) is 0 Å². The van der Waals surface area contributed by atoms with E-state index in [1.54, 1.807) is 44.3 Å². The maximum atomic E-state index is 12.8. The van der Waals surface area contributed by atoms with Crippen molar-refractivity contribution in [3.63, 3.8) is 0 Å². The summed E-state index contributed by atoms with van der Waals surface area (Å²) in [5.41, 5.74) is 4.59. The number of nitrogens with zero attached hydrogens (tertiary/aromatic N) is 8. The van der Waals surface area contributed by atoms with Crippen LogP contribution in [0.15, 0.2) is 36.8 Å². The first-order valence-corrected chi connectivity index (χ1v) is 8.52. The van der Waals surface area contributed by atoms with Gasteiger partial charge in [0.05, 0.1) is 24.1 Å². The molecule has 9 nitrogen and oxygen atoms in total. The maximum Gasteiger partial charge on any atom is 0.274 e. The summed E-state index contributed by atoms with van der Waals surface area (Å²) in [4.78, 5) is 18.8. The number of hydrogen-bond donors (Lipinski definition) is 0. The van der Waals surface area contributed by atoms with Crippen molar-refractivity contribution in [2.75, 3.05) is 7.05 Å². The molecule has 4 heterocycles. The van der Waals surface area contributed by atoms with Crippen LogP contribution >= 0.6 is 0 Å². The van der Waals surface area contributed by atoms with Crippen molar-refractivity contribution in [2.24, 2.45) is 14.1 Å². The number of rotatable bonds is 4. The summed E-state index contributed by atoms with van der Waals surface area (Å²) in [5, 5.41) is 13.1. The normalized spacial score (nSPS) is 11.3. The van der Waals surface area contributed by atoms with E-state index < -0.39 is 0 Å². The summed E-state index contributed by atoms with van der Waals surface area (Å²) >= 11 is 0. The highest BCUT2D eigenvalue weighted by molar-refractivity contribution is 5.93. The molecule has 0 aliphatic heterocycles. The van der Waals surface area contributed by atoms with Crippen molar-refractivity contribution in [3.8, 4) is 11.3 Å². The summed E-state index contributed by atoms with van der Waals surface area (Å²) < 4.78 is 5.20. The highest BCUT2D eigenvalue weighted by Crippen LogP contribution is 2.23. The van der Waals surface area contributed by atoms with Crippen LogP contribution in [0.3, 0.4) is 0 Å². The van der Waals surface area contributed by atoms with E-state index in [1.807, 2.05) is 39.3 Å². The molecule has 1 amide bonds. The first-order valence-electron chi connectivity index (χ1n) is 8.52. The Hall–Kier alpha value is -3.49. The zero-order valence-corrected chi connectivity index (χ0v) is 15.7. The Kier molecular flexibility index (Phi) is 3.98. The van der Waals surface area contributed by atoms with Gasteiger partial charge in [0, 0.05) is 50.9 Å². The molecule has 4 rings (SSSR count). The fourth-order valence-corrected chi connectivity index (χ4v) is 3.01. The van der Waals surface area contributed by atoms with Gasteiger partial charge in [0.25, 0.3) is 5.91 Å². The lowest BCUT2D eigenvalue weighted by Crippen LogP contribution is -2.26. The van der Waals surface area contributed by atoms with Crippen LogP contribution in [0.2, 0.25) is 0 Å². The van der Waals surface area contributed by atoms with Crippen LogP contribution < -0.4 is 0 Å². The predicted molar refractivity (Wildman–Crippen MR) is 98.9 cm³/mol. The van der Waals surface area contributed by atoms with Crippen molar-refractivity contribution >= 4 is 11.6 Å². The Bertz CT molecular complexity index is 1140. The summed E-state index contributed by atoms with van der Waals surface area (Å²) in [7, 11) is 5.48. The second-order valence-corrected chi connectivity index (χ2v) is 6.54. The Morgan fingerprint density at radius 1 is 1.22 bits per heavy atom. The van der Waals surface area contributed by atoms with Crippen LogP contribution in [0.4, 0.5) is 0 Å². The highest BCUT2D eigenvalue weighted by atomic mass is 16.2. The SMILES string of the molecule is Cc1c(-c2ccnc3cc(C(=O)N(C)Cc4ccn(C)n4)nn23)cnn1C. The fraction of sp³-hybridized carbons (Fsp3) is 0.278. The Labute approximate surface area is 155 Å². The second-order valence-electron chi connectivity index (χ2n) is 6.54. The maximum absolute atomic E-state index is 12.8. The largest absolute Gasteiger partial charge is 0.334 e. The molecule has 9 heteroatoms. The summed E-state index contributed by atoms with van der Waals surface area (Å²) in [6, 6.07) is 5.46. The van der Waals surface area contributed by atoms with Crippen LogP contribution in [-0.2, 0) is 20.6 Å². The van der Waals surface area contributed by atoms with E-state index in [1.165, 1.54) is 0 Å². The predicted octanol–water partition coefficient (Wildman–Crippen LogP) is 1.44. The Morgan fingerprint density at radius 2 is 2.04 bits per heavy atom. The number of fused-ring (bicyclic) bond motifs is 1. The Morgan fingerprint density at radius 3 is 2.70 bits per heavy atom. The van der Waals surface area contributed by atoms with Gasteiger partial charge in [0.15, 0.2) is 11.3 Å². The van der Waals surface area contributed by atoms with Crippen LogP contribution in [0, 0.1) is 6.92 Å². The van der Waals surface area contributed by atoms with E-state index in [-0.39, 0.29) is 5.91 Å². The summed E-state index contributed by atoms with van der Waals surface area (Å²) in [6.07, 6.45) is 5.36. The van der Waals surface area contributed by atoms with E-state index >= 15 is 0 Å². The molecule has 0 spiro atoms. The van der Waals surface area contributed by atoms with Crippen molar-refractivity contribution < 1.29 is 4.79 Å². The number of aryl methyl sites for hydroxylation is 2. The van der Waals surface area contributed by atoms with Crippen LogP contribution in [0.1, 0.15) is 21.9 Å². The van der Waals surface area contributed by atoms with Crippen molar-refractivity contribution in [1.29, 1.82) is 0 Å². The molecular weight excluding hydrogens is 344 g/mol. The number of hydrogen-bond acceptors (Lipinski definition) is 5. The van der Waals surface area contributed by atoms with Gasteiger partial charge in [-0.15, -0.1) is 0 Å². The lowest BCUT2D eigenvalue weighted by molar-refractivity contribution is 0.0777. The molecule has 4 aromatic heterocycles. The smallest absolute Gasteiger partial charge is 0.274 e. The lowest BCUT2D eigenvalue weighted by Gasteiger charge is -2.13. The average Bonchev–Trinajstić information content (AvgIpc) is 3.34. The number of amides is 1. The van der Waals surface area contributed by atoms with Crippen molar-refractivity contribution in [1.82, 2.24) is 39.1 Å². The standard InChI is InChI=1S/C18H20N8O/c1-12-14(10-20-25(12)4)16-5-7-19-17-9-15(22-26(16)17)18(27)23(2)11-13-6-8-24(3)21-13/h5-10H,11H2,1-4H3. The third-order valence-corrected chi connectivity index (χ3v) is 4.60. The molecule has 4 aromatic rings. The van der Waals surface area contributed by atoms with E-state index in [2.05, 4.69) is 20.3 Å². The third-order valence-electron chi connectivity index (χ3n) is 4.60. The van der Waals surface area contributed by atoms with Gasteiger partial charge in [-0.2, -0.15) is 15.3 Å². The Balaban J connectivity index is 1.68. The molecule has 0 aliphatic carbocycles. The zero-order valence-electron chi connectivity index (χ0n) is 15.7. The second kappa shape index (κ2) is 6.35. The molecule has 0 N–H and O–H groups in total. The molecule has 0 unspecified atom stereocenters. The van der Waals surface area contributed by atoms with Gasteiger partial charge >= 0.3 is 0 Å². The van der Waals surface area contributed by atoms with E-state index in [4.69, 9.17) is 0 Å². The molecule has 0 saturated carbocycles. The number of carbonyl (C=O) groups excluding carboxylic acids is 1. The lowest BCUT2D eigenvalue weighted by atomic mass is 10.2. The van der Waals surface area contributed by atoms with Crippen LogP contribution in [-0.4, -0.2) is 52.0 Å². The summed E-state index contributed by atoms with van der Waals surface area (Å²) in [5.74, 6) is -0.181. The topological polar surface area (TPSA) is 86.1 Å². The van der Waals surface area contributed by atoms with Gasteiger partial charge in [0.2, 0.25) is 0 Å². The average molecular weight is 364 g/mol. The molecular formula is C18H20N8O. The fourth-order valence-electron chi connectivity index (χ4n) is 3.01. The van der Waals surface area contributed by atoms with Gasteiger partial charge in [-0.25, -0.2) is 9.50 Å². The van der Waals surface area contributed by atoms with Crippen molar-refractivity contribution in [3.05, 3.63) is 53.9 Å².